The average Bonchev–Trinajstić information content (AvgIpc) is 3.86. The number of benzene rings is 2. The van der Waals surface area contributed by atoms with Crippen LogP contribution in [0.15, 0.2) is 61.7 Å². The number of esters is 6. The minimum Gasteiger partial charge on any atom is -0.463 e. The zero-order valence-electron chi connectivity index (χ0n) is 37.1. The Bertz CT molecular complexity index is 1680. The van der Waals surface area contributed by atoms with Crippen LogP contribution in [-0.4, -0.2) is 72.9 Å². The first-order chi connectivity index (χ1) is 30.4. The molecule has 0 aromatic heterocycles. The van der Waals surface area contributed by atoms with Crippen LogP contribution < -0.4 is 18.9 Å². The van der Waals surface area contributed by atoms with E-state index in [9.17, 15) is 28.8 Å². The van der Waals surface area contributed by atoms with Gasteiger partial charge >= 0.3 is 35.8 Å². The fraction of sp³-hybridized carbons (Fsp3) is 0.542. The summed E-state index contributed by atoms with van der Waals surface area (Å²) in [5.41, 5.74) is 1.45. The zero-order chi connectivity index (χ0) is 46.5. The fourth-order valence-electron chi connectivity index (χ4n) is 5.46. The average molecular weight is 1010 g/mol. The van der Waals surface area contributed by atoms with Crippen LogP contribution in [0.3, 0.4) is 0 Å². The maximum atomic E-state index is 12.0. The van der Waals surface area contributed by atoms with Crippen molar-refractivity contribution in [2.24, 2.45) is 0 Å². The SMILES string of the molecule is C1CCOC1.C=CC(=O)OCCCCCC(=O)Oc1ccc(OC(=O)CCCCCOC(=O)C=C)c(C)c1.Cc1cc(OC(=O)CCCCCBr)ccc1OC(=O)CCCCCBr. The summed E-state index contributed by atoms with van der Waals surface area (Å²) in [6.07, 6.45) is 15.9. The van der Waals surface area contributed by atoms with E-state index in [1.165, 1.54) is 12.8 Å². The number of carbonyl (C=O) groups is 6. The molecule has 1 fully saturated rings. The van der Waals surface area contributed by atoms with Gasteiger partial charge in [0, 0.05) is 61.7 Å². The van der Waals surface area contributed by atoms with Crippen molar-refractivity contribution in [3.05, 3.63) is 72.8 Å². The van der Waals surface area contributed by atoms with Crippen molar-refractivity contribution < 1.29 is 61.9 Å². The first kappa shape index (κ1) is 56.7. The van der Waals surface area contributed by atoms with Crippen molar-refractivity contribution in [1.29, 1.82) is 0 Å². The smallest absolute Gasteiger partial charge is 0.330 e. The van der Waals surface area contributed by atoms with E-state index in [0.29, 0.717) is 80.3 Å². The number of hydrogen-bond acceptors (Lipinski definition) is 13. The number of carbonyl (C=O) groups excluding carboxylic acids is 6. The van der Waals surface area contributed by atoms with E-state index in [-0.39, 0.29) is 36.7 Å². The van der Waals surface area contributed by atoms with Crippen molar-refractivity contribution in [3.63, 3.8) is 0 Å². The first-order valence-corrected chi connectivity index (χ1v) is 24.0. The van der Waals surface area contributed by atoms with Gasteiger partial charge in [0.15, 0.2) is 0 Å². The van der Waals surface area contributed by atoms with Gasteiger partial charge in [-0.05, 0) is 138 Å². The predicted octanol–water partition coefficient (Wildman–Crippen LogP) is 10.9. The number of alkyl halides is 2. The molecule has 13 nitrogen and oxygen atoms in total. The van der Waals surface area contributed by atoms with Crippen LogP contribution in [-0.2, 0) is 43.0 Å². The lowest BCUT2D eigenvalue weighted by molar-refractivity contribution is -0.138. The summed E-state index contributed by atoms with van der Waals surface area (Å²) >= 11 is 6.74. The third-order valence-corrected chi connectivity index (χ3v) is 10.1. The van der Waals surface area contributed by atoms with Gasteiger partial charge in [-0.25, -0.2) is 9.59 Å². The molecule has 0 radical (unpaired) electrons. The largest absolute Gasteiger partial charge is 0.463 e. The summed E-state index contributed by atoms with van der Waals surface area (Å²) in [7, 11) is 0. The minimum absolute atomic E-state index is 0.228. The van der Waals surface area contributed by atoms with Crippen LogP contribution in [0, 0.1) is 13.8 Å². The van der Waals surface area contributed by atoms with E-state index in [0.717, 1.165) is 93.0 Å². The molecule has 2 aromatic rings. The van der Waals surface area contributed by atoms with Crippen molar-refractivity contribution in [2.75, 3.05) is 37.1 Å². The van der Waals surface area contributed by atoms with Gasteiger partial charge in [0.1, 0.15) is 23.0 Å². The molecule has 0 amide bonds. The molecule has 0 N–H and O–H groups in total. The predicted molar refractivity (Wildman–Crippen MR) is 249 cm³/mol. The van der Waals surface area contributed by atoms with Gasteiger partial charge in [0.05, 0.1) is 13.2 Å². The van der Waals surface area contributed by atoms with E-state index in [4.69, 9.17) is 33.2 Å². The third kappa shape index (κ3) is 30.4. The Balaban J connectivity index is 0.000000581. The molecule has 350 valence electrons. The molecule has 0 atom stereocenters. The molecule has 15 heteroatoms. The van der Waals surface area contributed by atoms with E-state index in [2.05, 4.69) is 45.0 Å². The number of rotatable bonds is 28. The number of unbranched alkanes of at least 4 members (excludes halogenated alkanes) is 8. The van der Waals surface area contributed by atoms with Crippen LogP contribution in [0.1, 0.15) is 127 Å². The molecular formula is C48H66Br2O13. The molecule has 0 saturated carbocycles. The number of ether oxygens (including phenoxy) is 7. The maximum absolute atomic E-state index is 12.0. The summed E-state index contributed by atoms with van der Waals surface area (Å²) < 4.78 is 36.1. The van der Waals surface area contributed by atoms with Crippen LogP contribution >= 0.6 is 31.9 Å². The molecular weight excluding hydrogens is 944 g/mol. The van der Waals surface area contributed by atoms with Gasteiger partial charge < -0.3 is 33.2 Å². The highest BCUT2D eigenvalue weighted by Crippen LogP contribution is 2.26. The fourth-order valence-corrected chi connectivity index (χ4v) is 6.26. The molecule has 2 aromatic carbocycles. The molecule has 0 aliphatic carbocycles. The Morgan fingerprint density at radius 2 is 0.873 bits per heavy atom. The Morgan fingerprint density at radius 1 is 0.524 bits per heavy atom. The van der Waals surface area contributed by atoms with Gasteiger partial charge in [0.25, 0.3) is 0 Å². The van der Waals surface area contributed by atoms with Gasteiger partial charge in [-0.1, -0.05) is 57.9 Å². The maximum Gasteiger partial charge on any atom is 0.330 e. The quantitative estimate of drug-likeness (QED) is 0.0260. The van der Waals surface area contributed by atoms with Crippen molar-refractivity contribution in [1.82, 2.24) is 0 Å². The summed E-state index contributed by atoms with van der Waals surface area (Å²) in [5.74, 6) is -0.293. The molecule has 3 rings (SSSR count). The number of halogens is 2. The summed E-state index contributed by atoms with van der Waals surface area (Å²) in [6.45, 7) is 12.8. The highest BCUT2D eigenvalue weighted by molar-refractivity contribution is 9.09. The second-order valence-electron chi connectivity index (χ2n) is 14.4. The van der Waals surface area contributed by atoms with E-state index >= 15 is 0 Å². The van der Waals surface area contributed by atoms with E-state index in [1.54, 1.807) is 43.3 Å². The Morgan fingerprint density at radius 3 is 1.17 bits per heavy atom. The van der Waals surface area contributed by atoms with Crippen molar-refractivity contribution in [3.8, 4) is 23.0 Å². The molecule has 1 heterocycles. The van der Waals surface area contributed by atoms with Crippen molar-refractivity contribution in [2.45, 2.75) is 129 Å². The lowest BCUT2D eigenvalue weighted by Crippen LogP contribution is -2.10. The van der Waals surface area contributed by atoms with Gasteiger partial charge in [-0.2, -0.15) is 0 Å². The first-order valence-electron chi connectivity index (χ1n) is 21.7. The van der Waals surface area contributed by atoms with Crippen LogP contribution in [0.25, 0.3) is 0 Å². The molecule has 0 bridgehead atoms. The molecule has 0 unspecified atom stereocenters. The Labute approximate surface area is 390 Å². The van der Waals surface area contributed by atoms with Gasteiger partial charge in [-0.15, -0.1) is 0 Å². The topological polar surface area (TPSA) is 167 Å². The van der Waals surface area contributed by atoms with E-state index in [1.807, 2.05) is 6.92 Å². The normalized spacial score (nSPS) is 11.4. The van der Waals surface area contributed by atoms with Crippen molar-refractivity contribution >= 4 is 67.7 Å². The second-order valence-corrected chi connectivity index (χ2v) is 16.0. The highest BCUT2D eigenvalue weighted by atomic mass is 79.9. The lowest BCUT2D eigenvalue weighted by atomic mass is 10.2. The molecule has 1 aliphatic rings. The number of aryl methyl sites for hydroxylation is 2. The molecule has 1 saturated heterocycles. The van der Waals surface area contributed by atoms with Crippen LogP contribution in [0.5, 0.6) is 23.0 Å². The third-order valence-electron chi connectivity index (χ3n) is 8.93. The Hall–Kier alpha value is -4.34. The van der Waals surface area contributed by atoms with Crippen LogP contribution in [0.4, 0.5) is 0 Å². The zero-order valence-corrected chi connectivity index (χ0v) is 40.2. The summed E-state index contributed by atoms with van der Waals surface area (Å²) in [4.78, 5) is 69.5. The summed E-state index contributed by atoms with van der Waals surface area (Å²) in [5, 5.41) is 1.91. The van der Waals surface area contributed by atoms with Gasteiger partial charge in [0.2, 0.25) is 0 Å². The molecule has 63 heavy (non-hydrogen) atoms. The summed E-state index contributed by atoms with van der Waals surface area (Å²) in [6, 6.07) is 9.89. The minimum atomic E-state index is -0.456. The number of hydrogen-bond donors (Lipinski definition) is 0. The molecule has 1 aliphatic heterocycles. The van der Waals surface area contributed by atoms with Gasteiger partial charge in [-0.3, -0.25) is 19.2 Å². The Kier molecular flexibility index (Phi) is 33.4. The molecule has 0 spiro atoms. The highest BCUT2D eigenvalue weighted by Gasteiger charge is 2.13. The standard InChI is InChI=1S/C25H32O8.C19H26Br2O4.C4H8O/c1-4-22(26)30-16-10-6-8-12-24(28)32-20-14-15-21(19(3)18-20)33-25(29)13-9-7-11-17-31-23(27)5-2;1-15-14-16(24-18(22)8-4-2-6-12-20)10-11-17(15)25-19(23)9-5-3-7-13-21;1-2-4-5-3-1/h4-5,14-15,18H,1-2,6-13,16-17H2,3H3;10-11,14H,2-9,12-13H2,1H3;1-4H2. The van der Waals surface area contributed by atoms with Crippen LogP contribution in [0.2, 0.25) is 0 Å². The second kappa shape index (κ2) is 37.1. The van der Waals surface area contributed by atoms with E-state index < -0.39 is 11.9 Å². The monoisotopic (exact) mass is 1010 g/mol. The lowest BCUT2D eigenvalue weighted by Gasteiger charge is -2.10.